The second kappa shape index (κ2) is 5.94. The predicted octanol–water partition coefficient (Wildman–Crippen LogP) is 3.90. The third kappa shape index (κ3) is 2.67. The Labute approximate surface area is 135 Å². The van der Waals surface area contributed by atoms with Crippen molar-refractivity contribution in [3.05, 3.63) is 82.1 Å². The molecule has 0 radical (unpaired) electrons. The molecule has 3 rings (SSSR count). The lowest BCUT2D eigenvalue weighted by atomic mass is 9.97. The summed E-state index contributed by atoms with van der Waals surface area (Å²) in [5.74, 6) is 0. The van der Waals surface area contributed by atoms with Gasteiger partial charge in [0.1, 0.15) is 11.6 Å². The van der Waals surface area contributed by atoms with Gasteiger partial charge in [-0.05, 0) is 24.1 Å². The number of aryl methyl sites for hydroxylation is 1. The predicted molar refractivity (Wildman–Crippen MR) is 92.0 cm³/mol. The summed E-state index contributed by atoms with van der Waals surface area (Å²) in [7, 11) is 1.70. The highest BCUT2D eigenvalue weighted by Crippen LogP contribution is 2.27. The van der Waals surface area contributed by atoms with Gasteiger partial charge in [0.2, 0.25) is 0 Å². The Bertz CT molecular complexity index is 963. The van der Waals surface area contributed by atoms with E-state index in [1.165, 1.54) is 4.57 Å². The van der Waals surface area contributed by atoms with Gasteiger partial charge in [0.15, 0.2) is 0 Å². The summed E-state index contributed by atoms with van der Waals surface area (Å²) in [5, 5.41) is 9.45. The highest BCUT2D eigenvalue weighted by Gasteiger charge is 2.15. The molecule has 3 aromatic rings. The third-order valence-corrected chi connectivity index (χ3v) is 3.94. The van der Waals surface area contributed by atoms with Crippen molar-refractivity contribution in [3.8, 4) is 28.5 Å². The average molecular weight is 300 g/mol. The van der Waals surface area contributed by atoms with Crippen LogP contribution in [0.25, 0.3) is 22.4 Å². The molecule has 112 valence electrons. The number of hydrogen-bond acceptors (Lipinski definition) is 2. The van der Waals surface area contributed by atoms with Crippen molar-refractivity contribution in [3.63, 3.8) is 0 Å². The Hall–Kier alpha value is -3.12. The molecule has 0 aliphatic heterocycles. The van der Waals surface area contributed by atoms with Gasteiger partial charge >= 0.3 is 0 Å². The number of pyridine rings is 1. The Kier molecular flexibility index (Phi) is 3.82. The monoisotopic (exact) mass is 300 g/mol. The van der Waals surface area contributed by atoms with E-state index < -0.39 is 0 Å². The molecule has 0 saturated carbocycles. The van der Waals surface area contributed by atoms with Gasteiger partial charge in [-0.25, -0.2) is 0 Å². The molecule has 0 bridgehead atoms. The molecular formula is C20H16N2O. The normalized spacial score (nSPS) is 10.3. The zero-order valence-corrected chi connectivity index (χ0v) is 13.1. The van der Waals surface area contributed by atoms with Crippen LogP contribution >= 0.6 is 0 Å². The molecule has 0 N–H and O–H groups in total. The van der Waals surface area contributed by atoms with Crippen LogP contribution in [0, 0.1) is 18.3 Å². The molecule has 0 fully saturated rings. The van der Waals surface area contributed by atoms with E-state index in [-0.39, 0.29) is 11.1 Å². The minimum absolute atomic E-state index is 0.179. The number of nitrogens with zero attached hydrogens (tertiary/aromatic N) is 2. The minimum atomic E-state index is -0.273. The fourth-order valence-corrected chi connectivity index (χ4v) is 2.73. The van der Waals surface area contributed by atoms with E-state index in [9.17, 15) is 10.1 Å². The third-order valence-electron chi connectivity index (χ3n) is 3.94. The molecule has 1 aromatic heterocycles. The smallest absolute Gasteiger partial charge is 0.269 e. The van der Waals surface area contributed by atoms with Gasteiger partial charge in [-0.15, -0.1) is 0 Å². The van der Waals surface area contributed by atoms with E-state index in [2.05, 4.69) is 6.07 Å². The van der Waals surface area contributed by atoms with E-state index in [1.54, 1.807) is 7.05 Å². The summed E-state index contributed by atoms with van der Waals surface area (Å²) in [5.41, 5.74) is 4.31. The first-order chi connectivity index (χ1) is 11.1. The SMILES string of the molecule is Cc1cccc(-c2cc(-c3ccccc3)n(C)c(=O)c2C#N)c1. The largest absolute Gasteiger partial charge is 0.310 e. The van der Waals surface area contributed by atoms with Crippen molar-refractivity contribution in [2.45, 2.75) is 6.92 Å². The van der Waals surface area contributed by atoms with Gasteiger partial charge in [-0.1, -0.05) is 60.2 Å². The fourth-order valence-electron chi connectivity index (χ4n) is 2.73. The van der Waals surface area contributed by atoms with Crippen LogP contribution in [0.1, 0.15) is 11.1 Å². The van der Waals surface area contributed by atoms with Crippen LogP contribution in [0.2, 0.25) is 0 Å². The van der Waals surface area contributed by atoms with Crippen molar-refractivity contribution >= 4 is 0 Å². The Balaban J connectivity index is 2.34. The van der Waals surface area contributed by atoms with Crippen molar-refractivity contribution in [2.75, 3.05) is 0 Å². The van der Waals surface area contributed by atoms with Crippen LogP contribution in [0.3, 0.4) is 0 Å². The first-order valence-electron chi connectivity index (χ1n) is 7.38. The molecule has 0 saturated heterocycles. The van der Waals surface area contributed by atoms with Crippen LogP contribution < -0.4 is 5.56 Å². The number of hydrogen-bond donors (Lipinski definition) is 0. The topological polar surface area (TPSA) is 45.8 Å². The maximum absolute atomic E-state index is 12.6. The van der Waals surface area contributed by atoms with Crippen LogP contribution in [0.5, 0.6) is 0 Å². The molecule has 0 atom stereocenters. The van der Waals surface area contributed by atoms with Crippen LogP contribution in [-0.2, 0) is 7.05 Å². The highest BCUT2D eigenvalue weighted by atomic mass is 16.1. The summed E-state index contributed by atoms with van der Waals surface area (Å²) in [6.07, 6.45) is 0. The molecule has 3 heteroatoms. The maximum Gasteiger partial charge on any atom is 0.269 e. The summed E-state index contributed by atoms with van der Waals surface area (Å²) in [6, 6.07) is 21.6. The zero-order chi connectivity index (χ0) is 16.4. The summed E-state index contributed by atoms with van der Waals surface area (Å²) >= 11 is 0. The fraction of sp³-hybridized carbons (Fsp3) is 0.100. The second-order valence-corrected chi connectivity index (χ2v) is 5.53. The standard InChI is InChI=1S/C20H16N2O/c1-14-7-6-10-16(11-14)17-12-19(15-8-4-3-5-9-15)22(2)20(23)18(17)13-21/h3-12H,1-2H3. The second-order valence-electron chi connectivity index (χ2n) is 5.53. The molecular weight excluding hydrogens is 284 g/mol. The van der Waals surface area contributed by atoms with Gasteiger partial charge in [-0.3, -0.25) is 4.79 Å². The molecule has 3 nitrogen and oxygen atoms in total. The van der Waals surface area contributed by atoms with E-state index in [0.29, 0.717) is 5.56 Å². The van der Waals surface area contributed by atoms with E-state index in [0.717, 1.165) is 22.4 Å². The quantitative estimate of drug-likeness (QED) is 0.720. The van der Waals surface area contributed by atoms with Crippen LogP contribution in [0.15, 0.2) is 65.5 Å². The van der Waals surface area contributed by atoms with Crippen molar-refractivity contribution in [2.24, 2.45) is 7.05 Å². The maximum atomic E-state index is 12.6. The van der Waals surface area contributed by atoms with Gasteiger partial charge in [0.25, 0.3) is 5.56 Å². The lowest BCUT2D eigenvalue weighted by Crippen LogP contribution is -2.22. The van der Waals surface area contributed by atoms with Crippen molar-refractivity contribution < 1.29 is 0 Å². The lowest BCUT2D eigenvalue weighted by molar-refractivity contribution is 0.867. The summed E-state index contributed by atoms with van der Waals surface area (Å²) in [6.45, 7) is 1.99. The van der Waals surface area contributed by atoms with Gasteiger partial charge < -0.3 is 4.57 Å². The Morgan fingerprint density at radius 2 is 1.65 bits per heavy atom. The van der Waals surface area contributed by atoms with Gasteiger partial charge in [-0.2, -0.15) is 5.26 Å². The van der Waals surface area contributed by atoms with E-state index in [4.69, 9.17) is 0 Å². The Morgan fingerprint density at radius 3 is 2.30 bits per heavy atom. The zero-order valence-electron chi connectivity index (χ0n) is 13.1. The van der Waals surface area contributed by atoms with Gasteiger partial charge in [0.05, 0.1) is 5.69 Å². The number of rotatable bonds is 2. The Morgan fingerprint density at radius 1 is 0.957 bits per heavy atom. The van der Waals surface area contributed by atoms with Crippen LogP contribution in [-0.4, -0.2) is 4.57 Å². The number of aromatic nitrogens is 1. The molecule has 0 aliphatic rings. The van der Waals surface area contributed by atoms with Crippen molar-refractivity contribution in [1.29, 1.82) is 5.26 Å². The molecule has 0 unspecified atom stereocenters. The molecule has 1 heterocycles. The highest BCUT2D eigenvalue weighted by molar-refractivity contribution is 5.75. The molecule has 23 heavy (non-hydrogen) atoms. The molecule has 0 aliphatic carbocycles. The minimum Gasteiger partial charge on any atom is -0.310 e. The number of nitriles is 1. The van der Waals surface area contributed by atoms with Gasteiger partial charge in [0, 0.05) is 12.6 Å². The first kappa shape index (κ1) is 14.8. The average Bonchev–Trinajstić information content (AvgIpc) is 2.58. The molecule has 2 aromatic carbocycles. The summed E-state index contributed by atoms with van der Waals surface area (Å²) < 4.78 is 1.53. The summed E-state index contributed by atoms with van der Waals surface area (Å²) in [4.78, 5) is 12.6. The molecule has 0 amide bonds. The van der Waals surface area contributed by atoms with Crippen molar-refractivity contribution in [1.82, 2.24) is 4.57 Å². The van der Waals surface area contributed by atoms with E-state index in [1.807, 2.05) is 67.6 Å². The molecule has 0 spiro atoms. The first-order valence-corrected chi connectivity index (χ1v) is 7.38. The lowest BCUT2D eigenvalue weighted by Gasteiger charge is -2.13. The number of benzene rings is 2. The van der Waals surface area contributed by atoms with E-state index >= 15 is 0 Å². The van der Waals surface area contributed by atoms with Crippen LogP contribution in [0.4, 0.5) is 0 Å².